The minimum absolute atomic E-state index is 0.195. The third-order valence-corrected chi connectivity index (χ3v) is 4.08. The second-order valence-corrected chi connectivity index (χ2v) is 5.57. The number of carbonyl (C=O) groups excluding carboxylic acids is 1. The summed E-state index contributed by atoms with van der Waals surface area (Å²) >= 11 is 0. The molecule has 0 aromatic carbocycles. The topological polar surface area (TPSA) is 70.1 Å². The summed E-state index contributed by atoms with van der Waals surface area (Å²) in [5.41, 5.74) is 0. The van der Waals surface area contributed by atoms with Crippen LogP contribution in [-0.4, -0.2) is 72.7 Å². The van der Waals surface area contributed by atoms with Crippen LogP contribution in [0.3, 0.4) is 0 Å². The number of morpholine rings is 1. The minimum Gasteiger partial charge on any atom is -0.481 e. The summed E-state index contributed by atoms with van der Waals surface area (Å²) in [6.45, 7) is 5.07. The van der Waals surface area contributed by atoms with Crippen LogP contribution in [0.4, 0.5) is 0 Å². The third kappa shape index (κ3) is 4.45. The van der Waals surface area contributed by atoms with E-state index in [0.29, 0.717) is 39.3 Å². The van der Waals surface area contributed by atoms with Gasteiger partial charge in [-0.3, -0.25) is 9.59 Å². The van der Waals surface area contributed by atoms with Crippen molar-refractivity contribution in [2.45, 2.75) is 25.7 Å². The van der Waals surface area contributed by atoms with E-state index in [1.807, 2.05) is 4.90 Å². The largest absolute Gasteiger partial charge is 0.481 e. The summed E-state index contributed by atoms with van der Waals surface area (Å²) in [6, 6.07) is 0. The minimum atomic E-state index is -0.695. The Balaban J connectivity index is 1.64. The first-order chi connectivity index (χ1) is 9.66. The first-order valence-electron chi connectivity index (χ1n) is 7.47. The zero-order valence-electron chi connectivity index (χ0n) is 11.9. The number of ether oxygens (including phenoxy) is 1. The maximum Gasteiger partial charge on any atom is 0.307 e. The Hall–Kier alpha value is -1.14. The van der Waals surface area contributed by atoms with E-state index in [1.165, 1.54) is 0 Å². The number of amides is 1. The molecule has 0 radical (unpaired) electrons. The van der Waals surface area contributed by atoms with E-state index in [4.69, 9.17) is 9.84 Å². The van der Waals surface area contributed by atoms with Crippen molar-refractivity contribution >= 4 is 11.9 Å². The number of carboxylic acids is 1. The molecule has 0 spiro atoms. The molecular weight excluding hydrogens is 260 g/mol. The molecule has 1 unspecified atom stereocenters. The van der Waals surface area contributed by atoms with E-state index in [2.05, 4.69) is 4.90 Å². The summed E-state index contributed by atoms with van der Waals surface area (Å²) in [4.78, 5) is 27.0. The average Bonchev–Trinajstić information content (AvgIpc) is 2.48. The van der Waals surface area contributed by atoms with Crippen molar-refractivity contribution in [1.29, 1.82) is 0 Å². The molecule has 0 aliphatic carbocycles. The SMILES string of the molecule is O=C(O)C1CCCN(CCCC(=O)N2CCOCC2)C1. The molecule has 1 atom stereocenters. The summed E-state index contributed by atoms with van der Waals surface area (Å²) in [5, 5.41) is 9.04. The van der Waals surface area contributed by atoms with Gasteiger partial charge >= 0.3 is 5.97 Å². The number of aliphatic carboxylic acids is 1. The number of hydrogen-bond acceptors (Lipinski definition) is 4. The molecule has 2 aliphatic rings. The lowest BCUT2D eigenvalue weighted by molar-refractivity contribution is -0.143. The van der Waals surface area contributed by atoms with Crippen LogP contribution >= 0.6 is 0 Å². The summed E-state index contributed by atoms with van der Waals surface area (Å²) in [5.74, 6) is -0.738. The first-order valence-corrected chi connectivity index (χ1v) is 7.47. The van der Waals surface area contributed by atoms with E-state index < -0.39 is 5.97 Å². The summed E-state index contributed by atoms with van der Waals surface area (Å²) in [7, 11) is 0. The van der Waals surface area contributed by atoms with Crippen molar-refractivity contribution in [2.75, 3.05) is 45.9 Å². The highest BCUT2D eigenvalue weighted by Gasteiger charge is 2.25. The van der Waals surface area contributed by atoms with Crippen LogP contribution in [0.1, 0.15) is 25.7 Å². The highest BCUT2D eigenvalue weighted by Crippen LogP contribution is 2.17. The highest BCUT2D eigenvalue weighted by molar-refractivity contribution is 5.76. The molecule has 0 saturated carbocycles. The maximum absolute atomic E-state index is 12.0. The molecule has 2 rings (SSSR count). The van der Waals surface area contributed by atoms with Gasteiger partial charge in [0.2, 0.25) is 5.91 Å². The lowest BCUT2D eigenvalue weighted by atomic mass is 9.98. The van der Waals surface area contributed by atoms with E-state index in [-0.39, 0.29) is 11.8 Å². The molecule has 20 heavy (non-hydrogen) atoms. The van der Waals surface area contributed by atoms with Crippen molar-refractivity contribution in [1.82, 2.24) is 9.80 Å². The van der Waals surface area contributed by atoms with Gasteiger partial charge in [-0.2, -0.15) is 0 Å². The van der Waals surface area contributed by atoms with Crippen LogP contribution in [0.2, 0.25) is 0 Å². The molecular formula is C14H24N2O4. The molecule has 2 fully saturated rings. The summed E-state index contributed by atoms with van der Waals surface area (Å²) < 4.78 is 5.23. The first kappa shape index (κ1) is 15.3. The Morgan fingerprint density at radius 1 is 1.20 bits per heavy atom. The molecule has 2 aliphatic heterocycles. The van der Waals surface area contributed by atoms with Crippen LogP contribution in [0, 0.1) is 5.92 Å². The lowest BCUT2D eigenvalue weighted by Gasteiger charge is -2.31. The molecule has 6 heteroatoms. The molecule has 1 N–H and O–H groups in total. The quantitative estimate of drug-likeness (QED) is 0.792. The predicted molar refractivity (Wildman–Crippen MR) is 73.4 cm³/mol. The predicted octanol–water partition coefficient (Wildman–Crippen LogP) is 0.422. The van der Waals surface area contributed by atoms with Gasteiger partial charge in [-0.05, 0) is 32.4 Å². The van der Waals surface area contributed by atoms with E-state index >= 15 is 0 Å². The van der Waals surface area contributed by atoms with E-state index in [9.17, 15) is 9.59 Å². The molecule has 2 saturated heterocycles. The monoisotopic (exact) mass is 284 g/mol. The van der Waals surface area contributed by atoms with Gasteiger partial charge in [-0.1, -0.05) is 0 Å². The van der Waals surface area contributed by atoms with Gasteiger partial charge in [-0.15, -0.1) is 0 Å². The van der Waals surface area contributed by atoms with E-state index in [1.54, 1.807) is 0 Å². The van der Waals surface area contributed by atoms with Gasteiger partial charge in [0.05, 0.1) is 19.1 Å². The normalized spacial score (nSPS) is 24.6. The highest BCUT2D eigenvalue weighted by atomic mass is 16.5. The molecule has 1 amide bonds. The second-order valence-electron chi connectivity index (χ2n) is 5.57. The fraction of sp³-hybridized carbons (Fsp3) is 0.857. The number of nitrogens with zero attached hydrogens (tertiary/aromatic N) is 2. The number of hydrogen-bond donors (Lipinski definition) is 1. The number of rotatable bonds is 5. The average molecular weight is 284 g/mol. The van der Waals surface area contributed by atoms with Crippen LogP contribution in [-0.2, 0) is 14.3 Å². The van der Waals surface area contributed by atoms with Crippen molar-refractivity contribution in [3.63, 3.8) is 0 Å². The molecule has 114 valence electrons. The van der Waals surface area contributed by atoms with Crippen LogP contribution in [0.5, 0.6) is 0 Å². The Bertz CT molecular complexity index is 342. The molecule has 6 nitrogen and oxygen atoms in total. The number of carbonyl (C=O) groups is 2. The molecule has 2 heterocycles. The number of piperidine rings is 1. The zero-order chi connectivity index (χ0) is 14.4. The Kier molecular flexibility index (Phi) is 5.79. The summed E-state index contributed by atoms with van der Waals surface area (Å²) in [6.07, 6.45) is 3.07. The molecule has 0 aromatic rings. The van der Waals surface area contributed by atoms with E-state index in [0.717, 1.165) is 32.4 Å². The van der Waals surface area contributed by atoms with Crippen LogP contribution < -0.4 is 0 Å². The smallest absolute Gasteiger partial charge is 0.307 e. The fourth-order valence-corrected chi connectivity index (χ4v) is 2.88. The number of carboxylic acid groups (broad SMARTS) is 1. The van der Waals surface area contributed by atoms with Gasteiger partial charge in [0.1, 0.15) is 0 Å². The van der Waals surface area contributed by atoms with Gasteiger partial charge in [0.15, 0.2) is 0 Å². The van der Waals surface area contributed by atoms with Gasteiger partial charge in [-0.25, -0.2) is 0 Å². The Morgan fingerprint density at radius 2 is 1.95 bits per heavy atom. The Morgan fingerprint density at radius 3 is 2.65 bits per heavy atom. The van der Waals surface area contributed by atoms with Gasteiger partial charge in [0.25, 0.3) is 0 Å². The van der Waals surface area contributed by atoms with Crippen LogP contribution in [0.15, 0.2) is 0 Å². The standard InChI is InChI=1S/C14H24N2O4/c17-13(16-7-9-20-10-8-16)4-2-6-15-5-1-3-12(11-15)14(18)19/h12H,1-11H2,(H,18,19). The molecule has 0 aromatic heterocycles. The fourth-order valence-electron chi connectivity index (χ4n) is 2.88. The van der Waals surface area contributed by atoms with Crippen molar-refractivity contribution < 1.29 is 19.4 Å². The van der Waals surface area contributed by atoms with Crippen LogP contribution in [0.25, 0.3) is 0 Å². The van der Waals surface area contributed by atoms with Crippen molar-refractivity contribution in [3.05, 3.63) is 0 Å². The second kappa shape index (κ2) is 7.59. The Labute approximate surface area is 119 Å². The van der Waals surface area contributed by atoms with Gasteiger partial charge < -0.3 is 19.6 Å². The molecule has 0 bridgehead atoms. The van der Waals surface area contributed by atoms with Gasteiger partial charge in [0, 0.05) is 26.1 Å². The zero-order valence-corrected chi connectivity index (χ0v) is 11.9. The lowest BCUT2D eigenvalue weighted by Crippen LogP contribution is -2.41. The third-order valence-electron chi connectivity index (χ3n) is 4.08. The maximum atomic E-state index is 12.0. The van der Waals surface area contributed by atoms with Crippen molar-refractivity contribution in [3.8, 4) is 0 Å². The van der Waals surface area contributed by atoms with Crippen molar-refractivity contribution in [2.24, 2.45) is 5.92 Å². The number of likely N-dealkylation sites (tertiary alicyclic amines) is 1.